The van der Waals surface area contributed by atoms with E-state index in [2.05, 4.69) is 17.1 Å². The van der Waals surface area contributed by atoms with Crippen LogP contribution >= 0.6 is 0 Å². The van der Waals surface area contributed by atoms with E-state index in [1.54, 1.807) is 6.08 Å². The molecule has 110 valence electrons. The lowest BCUT2D eigenvalue weighted by Gasteiger charge is -2.29. The first-order valence-corrected chi connectivity index (χ1v) is 7.55. The van der Waals surface area contributed by atoms with Gasteiger partial charge in [0.25, 0.3) is 0 Å². The Morgan fingerprint density at radius 3 is 2.89 bits per heavy atom. The Hall–Kier alpha value is -0.870. The molecular formula is C15H28N2O2. The fourth-order valence-corrected chi connectivity index (χ4v) is 2.45. The first kappa shape index (κ1) is 16.2. The van der Waals surface area contributed by atoms with Crippen molar-refractivity contribution in [1.82, 2.24) is 10.2 Å². The SMILES string of the molecule is CCCN(C/C=C/C(=O)OCC)CC1CCCCN1. The topological polar surface area (TPSA) is 41.6 Å². The molecule has 4 nitrogen and oxygen atoms in total. The maximum Gasteiger partial charge on any atom is 0.330 e. The molecular weight excluding hydrogens is 240 g/mol. The van der Waals surface area contributed by atoms with Gasteiger partial charge in [-0.2, -0.15) is 0 Å². The van der Waals surface area contributed by atoms with Gasteiger partial charge in [-0.15, -0.1) is 0 Å². The molecule has 1 atom stereocenters. The van der Waals surface area contributed by atoms with Gasteiger partial charge in [-0.05, 0) is 39.3 Å². The van der Waals surface area contributed by atoms with Gasteiger partial charge in [-0.25, -0.2) is 4.79 Å². The van der Waals surface area contributed by atoms with E-state index < -0.39 is 0 Å². The number of carbonyl (C=O) groups is 1. The summed E-state index contributed by atoms with van der Waals surface area (Å²) in [5.74, 6) is -0.241. The van der Waals surface area contributed by atoms with Gasteiger partial charge in [-0.3, -0.25) is 4.90 Å². The second-order valence-corrected chi connectivity index (χ2v) is 5.06. The van der Waals surface area contributed by atoms with Crippen molar-refractivity contribution < 1.29 is 9.53 Å². The molecule has 0 bridgehead atoms. The molecule has 0 amide bonds. The normalized spacial score (nSPS) is 20.1. The number of hydrogen-bond donors (Lipinski definition) is 1. The van der Waals surface area contributed by atoms with Crippen LogP contribution in [-0.4, -0.2) is 49.7 Å². The van der Waals surface area contributed by atoms with Gasteiger partial charge in [0.1, 0.15) is 0 Å². The Morgan fingerprint density at radius 1 is 1.42 bits per heavy atom. The lowest BCUT2D eigenvalue weighted by Crippen LogP contribution is -2.44. The summed E-state index contributed by atoms with van der Waals surface area (Å²) in [4.78, 5) is 13.6. The average Bonchev–Trinajstić information content (AvgIpc) is 2.40. The summed E-state index contributed by atoms with van der Waals surface area (Å²) in [6.07, 6.45) is 8.49. The zero-order chi connectivity index (χ0) is 13.9. The van der Waals surface area contributed by atoms with E-state index in [1.807, 2.05) is 13.0 Å². The Morgan fingerprint density at radius 2 is 2.26 bits per heavy atom. The highest BCUT2D eigenvalue weighted by Crippen LogP contribution is 2.08. The minimum atomic E-state index is -0.241. The van der Waals surface area contributed by atoms with Crippen LogP contribution < -0.4 is 5.32 Å². The highest BCUT2D eigenvalue weighted by Gasteiger charge is 2.15. The molecule has 1 heterocycles. The Labute approximate surface area is 117 Å². The molecule has 1 N–H and O–H groups in total. The van der Waals surface area contributed by atoms with Crippen LogP contribution in [0.5, 0.6) is 0 Å². The first-order valence-electron chi connectivity index (χ1n) is 7.55. The molecule has 0 radical (unpaired) electrons. The Bertz CT molecular complexity index is 273. The van der Waals surface area contributed by atoms with Crippen molar-refractivity contribution >= 4 is 5.97 Å². The molecule has 0 aliphatic carbocycles. The van der Waals surface area contributed by atoms with Gasteiger partial charge < -0.3 is 10.1 Å². The smallest absolute Gasteiger partial charge is 0.330 e. The molecule has 0 spiro atoms. The van der Waals surface area contributed by atoms with Crippen LogP contribution in [0.4, 0.5) is 0 Å². The first-order chi connectivity index (χ1) is 9.26. The summed E-state index contributed by atoms with van der Waals surface area (Å²) in [5, 5.41) is 3.57. The van der Waals surface area contributed by atoms with Crippen molar-refractivity contribution in [1.29, 1.82) is 0 Å². The molecule has 4 heteroatoms. The van der Waals surface area contributed by atoms with Gasteiger partial charge in [0.15, 0.2) is 0 Å². The van der Waals surface area contributed by atoms with E-state index in [9.17, 15) is 4.79 Å². The van der Waals surface area contributed by atoms with Gasteiger partial charge in [-0.1, -0.05) is 19.4 Å². The Balaban J connectivity index is 2.32. The highest BCUT2D eigenvalue weighted by molar-refractivity contribution is 5.81. The second kappa shape index (κ2) is 9.98. The minimum absolute atomic E-state index is 0.241. The third kappa shape index (κ3) is 7.33. The molecule has 1 fully saturated rings. The van der Waals surface area contributed by atoms with Gasteiger partial charge >= 0.3 is 5.97 Å². The third-order valence-corrected chi connectivity index (χ3v) is 3.33. The fourth-order valence-electron chi connectivity index (χ4n) is 2.45. The van der Waals surface area contributed by atoms with Crippen molar-refractivity contribution in [3.63, 3.8) is 0 Å². The number of piperidine rings is 1. The van der Waals surface area contributed by atoms with Gasteiger partial charge in [0.05, 0.1) is 6.61 Å². The molecule has 1 aliphatic heterocycles. The predicted molar refractivity (Wildman–Crippen MR) is 78.1 cm³/mol. The number of nitrogens with zero attached hydrogens (tertiary/aromatic N) is 1. The number of hydrogen-bond acceptors (Lipinski definition) is 4. The molecule has 0 aromatic rings. The standard InChI is InChI=1S/C15H28N2O2/c1-3-11-17(12-7-9-15(18)19-4-2)13-14-8-5-6-10-16-14/h7,9,14,16H,3-6,8,10-13H2,1-2H3/b9-7+. The van der Waals surface area contributed by atoms with E-state index in [0.717, 1.165) is 32.6 Å². The van der Waals surface area contributed by atoms with E-state index in [0.29, 0.717) is 12.6 Å². The van der Waals surface area contributed by atoms with E-state index >= 15 is 0 Å². The van der Waals surface area contributed by atoms with E-state index in [4.69, 9.17) is 4.74 Å². The summed E-state index contributed by atoms with van der Waals surface area (Å²) in [5.41, 5.74) is 0. The summed E-state index contributed by atoms with van der Waals surface area (Å²) >= 11 is 0. The highest BCUT2D eigenvalue weighted by atomic mass is 16.5. The molecule has 1 unspecified atom stereocenters. The van der Waals surface area contributed by atoms with Crippen molar-refractivity contribution in [3.8, 4) is 0 Å². The van der Waals surface area contributed by atoms with Crippen LogP contribution in [0, 0.1) is 0 Å². The van der Waals surface area contributed by atoms with E-state index in [1.165, 1.54) is 19.3 Å². The van der Waals surface area contributed by atoms with Crippen LogP contribution in [-0.2, 0) is 9.53 Å². The van der Waals surface area contributed by atoms with Crippen molar-refractivity contribution in [3.05, 3.63) is 12.2 Å². The van der Waals surface area contributed by atoms with Gasteiger partial charge in [0.2, 0.25) is 0 Å². The van der Waals surface area contributed by atoms with E-state index in [-0.39, 0.29) is 5.97 Å². The largest absolute Gasteiger partial charge is 0.463 e. The van der Waals surface area contributed by atoms with Crippen LogP contribution in [0.2, 0.25) is 0 Å². The number of nitrogens with one attached hydrogen (secondary N) is 1. The van der Waals surface area contributed by atoms with Crippen molar-refractivity contribution in [2.24, 2.45) is 0 Å². The summed E-state index contributed by atoms with van der Waals surface area (Å²) in [6.45, 7) is 8.56. The number of ether oxygens (including phenoxy) is 1. The molecule has 0 saturated carbocycles. The number of carbonyl (C=O) groups excluding carboxylic acids is 1. The molecule has 1 saturated heterocycles. The maximum atomic E-state index is 11.2. The van der Waals surface area contributed by atoms with Gasteiger partial charge in [0, 0.05) is 25.2 Å². The molecule has 0 aromatic carbocycles. The fraction of sp³-hybridized carbons (Fsp3) is 0.800. The van der Waals surface area contributed by atoms with Crippen molar-refractivity contribution in [2.45, 2.75) is 45.6 Å². The number of esters is 1. The molecule has 1 aliphatic rings. The molecule has 0 aromatic heterocycles. The summed E-state index contributed by atoms with van der Waals surface area (Å²) < 4.78 is 4.88. The third-order valence-electron chi connectivity index (χ3n) is 3.33. The molecule has 1 rings (SSSR count). The Kier molecular flexibility index (Phi) is 8.50. The zero-order valence-corrected chi connectivity index (χ0v) is 12.4. The van der Waals surface area contributed by atoms with Crippen LogP contribution in [0.25, 0.3) is 0 Å². The van der Waals surface area contributed by atoms with Crippen LogP contribution in [0.1, 0.15) is 39.5 Å². The van der Waals surface area contributed by atoms with Crippen LogP contribution in [0.15, 0.2) is 12.2 Å². The summed E-state index contributed by atoms with van der Waals surface area (Å²) in [7, 11) is 0. The lowest BCUT2D eigenvalue weighted by molar-refractivity contribution is -0.137. The monoisotopic (exact) mass is 268 g/mol. The zero-order valence-electron chi connectivity index (χ0n) is 12.4. The van der Waals surface area contributed by atoms with Crippen molar-refractivity contribution in [2.75, 3.05) is 32.8 Å². The predicted octanol–water partition coefficient (Wildman–Crippen LogP) is 1.96. The van der Waals surface area contributed by atoms with Crippen LogP contribution in [0.3, 0.4) is 0 Å². The minimum Gasteiger partial charge on any atom is -0.463 e. The lowest BCUT2D eigenvalue weighted by atomic mass is 10.0. The summed E-state index contributed by atoms with van der Waals surface area (Å²) in [6, 6.07) is 0.608. The average molecular weight is 268 g/mol. The molecule has 19 heavy (non-hydrogen) atoms. The second-order valence-electron chi connectivity index (χ2n) is 5.06. The maximum absolute atomic E-state index is 11.2. The number of rotatable bonds is 8. The quantitative estimate of drug-likeness (QED) is 0.540.